The Morgan fingerprint density at radius 2 is 1.87 bits per heavy atom. The zero-order chi connectivity index (χ0) is 32.0. The predicted octanol–water partition coefficient (Wildman–Crippen LogP) is 4.69. The van der Waals surface area contributed by atoms with Crippen molar-refractivity contribution in [3.8, 4) is 5.88 Å². The number of hydrogen-bond acceptors (Lipinski definition) is 6. The van der Waals surface area contributed by atoms with E-state index in [9.17, 15) is 4.79 Å². The fourth-order valence-electron chi connectivity index (χ4n) is 6.52. The standard InChI is InChI=1S/C35H47F2N5O3/c1-4-5-9-28-21-26-8-6-7-10-29(26)35(39-28)45-18-15-42(2,3)24-32(41-12-11-27(23-41)34(38)43)33-30(36)19-25(20-31(33)37)22-40-13-16-44-17-14-40/h6-8,10,19-21,27,32H,4-5,9,11-18,22-24H2,1-3H3,(H-,38,43)/p+1. The maximum absolute atomic E-state index is 15.9. The zero-order valence-corrected chi connectivity index (χ0v) is 26.9. The monoisotopic (exact) mass is 624 g/mol. The van der Waals surface area contributed by atoms with Crippen molar-refractivity contribution >= 4 is 16.7 Å². The number of likely N-dealkylation sites (tertiary alicyclic amines) is 1. The van der Waals surface area contributed by atoms with Crippen LogP contribution >= 0.6 is 0 Å². The van der Waals surface area contributed by atoms with Crippen LogP contribution < -0.4 is 10.5 Å². The number of pyridine rings is 1. The topological polar surface area (TPSA) is 80.9 Å². The van der Waals surface area contributed by atoms with Crippen molar-refractivity contribution in [3.05, 3.63) is 70.9 Å². The molecule has 3 heterocycles. The first-order valence-corrected chi connectivity index (χ1v) is 16.3. The SMILES string of the molecule is CCCCc1cc2ccccc2c(OCC[N+](C)(C)CC(c2c(F)cc(CN3CCOCC3)cc2F)N2CCC(C(N)=O)C2)n1. The minimum absolute atomic E-state index is 0.0502. The highest BCUT2D eigenvalue weighted by Crippen LogP contribution is 2.34. The van der Waals surface area contributed by atoms with E-state index in [-0.39, 0.29) is 17.4 Å². The smallest absolute Gasteiger partial charge is 0.221 e. The van der Waals surface area contributed by atoms with Crippen molar-refractivity contribution in [2.24, 2.45) is 11.7 Å². The van der Waals surface area contributed by atoms with Crippen LogP contribution in [0.5, 0.6) is 5.88 Å². The molecular weight excluding hydrogens is 576 g/mol. The minimum Gasteiger partial charge on any atom is -0.471 e. The van der Waals surface area contributed by atoms with Gasteiger partial charge < -0.3 is 19.7 Å². The van der Waals surface area contributed by atoms with Crippen LogP contribution in [0.2, 0.25) is 0 Å². The highest BCUT2D eigenvalue weighted by Gasteiger charge is 2.38. The van der Waals surface area contributed by atoms with Gasteiger partial charge in [-0.25, -0.2) is 13.8 Å². The summed E-state index contributed by atoms with van der Waals surface area (Å²) in [4.78, 5) is 21.0. The first-order valence-electron chi connectivity index (χ1n) is 16.3. The van der Waals surface area contributed by atoms with Gasteiger partial charge in [-0.1, -0.05) is 31.5 Å². The molecule has 2 atom stereocenters. The number of ether oxygens (including phenoxy) is 2. The summed E-state index contributed by atoms with van der Waals surface area (Å²) in [7, 11) is 4.09. The Bertz CT molecular complexity index is 1440. The number of fused-ring (bicyclic) bond motifs is 1. The largest absolute Gasteiger partial charge is 0.471 e. The van der Waals surface area contributed by atoms with Gasteiger partial charge in [0.25, 0.3) is 0 Å². The highest BCUT2D eigenvalue weighted by molar-refractivity contribution is 5.87. The predicted molar refractivity (Wildman–Crippen MR) is 172 cm³/mol. The van der Waals surface area contributed by atoms with Crippen molar-refractivity contribution in [1.82, 2.24) is 14.8 Å². The van der Waals surface area contributed by atoms with Crippen molar-refractivity contribution in [2.45, 2.75) is 45.2 Å². The number of unbranched alkanes of at least 4 members (excludes halogenated alkanes) is 1. The maximum atomic E-state index is 15.9. The van der Waals surface area contributed by atoms with Crippen LogP contribution in [0.25, 0.3) is 10.8 Å². The third-order valence-corrected chi connectivity index (χ3v) is 9.19. The quantitative estimate of drug-likeness (QED) is 0.262. The molecule has 2 unspecified atom stereocenters. The molecule has 2 aliphatic rings. The molecule has 2 aliphatic heterocycles. The molecule has 0 aliphatic carbocycles. The van der Waals surface area contributed by atoms with E-state index in [1.807, 2.05) is 37.2 Å². The Labute approximate surface area is 265 Å². The van der Waals surface area contributed by atoms with Crippen LogP contribution in [-0.2, 0) is 22.5 Å². The number of likely N-dealkylation sites (N-methyl/N-ethyl adjacent to an activating group) is 1. The van der Waals surface area contributed by atoms with Crippen molar-refractivity contribution < 1.29 is 27.5 Å². The van der Waals surface area contributed by atoms with Gasteiger partial charge in [0.05, 0.1) is 45.8 Å². The van der Waals surface area contributed by atoms with Gasteiger partial charge in [-0.2, -0.15) is 0 Å². The number of quaternary nitrogens is 1. The average Bonchev–Trinajstić information content (AvgIpc) is 3.50. The lowest BCUT2D eigenvalue weighted by Crippen LogP contribution is -2.49. The lowest BCUT2D eigenvalue weighted by Gasteiger charge is -2.37. The number of benzene rings is 2. The third kappa shape index (κ3) is 8.55. The van der Waals surface area contributed by atoms with Crippen molar-refractivity contribution in [1.29, 1.82) is 0 Å². The molecular formula is C35H48F2N5O3+. The van der Waals surface area contributed by atoms with Gasteiger partial charge in [0.2, 0.25) is 11.8 Å². The molecule has 3 aromatic rings. The number of rotatable bonds is 14. The summed E-state index contributed by atoms with van der Waals surface area (Å²) in [6, 6.07) is 12.6. The number of aryl methyl sites for hydroxylation is 1. The second-order valence-corrected chi connectivity index (χ2v) is 13.2. The Morgan fingerprint density at radius 3 is 2.56 bits per heavy atom. The summed E-state index contributed by atoms with van der Waals surface area (Å²) < 4.78 is 44.0. The molecule has 5 rings (SSSR count). The molecule has 1 amide bonds. The summed E-state index contributed by atoms with van der Waals surface area (Å²) >= 11 is 0. The first-order chi connectivity index (χ1) is 21.6. The fraction of sp³-hybridized carbons (Fsp3) is 0.543. The second kappa shape index (κ2) is 14.9. The highest BCUT2D eigenvalue weighted by atomic mass is 19.1. The molecule has 2 aromatic carbocycles. The van der Waals surface area contributed by atoms with E-state index in [1.165, 1.54) is 12.1 Å². The third-order valence-electron chi connectivity index (χ3n) is 9.19. The summed E-state index contributed by atoms with van der Waals surface area (Å²) in [5.41, 5.74) is 7.31. The Hall–Kier alpha value is -3.18. The van der Waals surface area contributed by atoms with E-state index >= 15 is 8.78 Å². The number of nitrogens with two attached hydrogens (primary N) is 1. The van der Waals surface area contributed by atoms with Gasteiger partial charge in [0.1, 0.15) is 24.8 Å². The summed E-state index contributed by atoms with van der Waals surface area (Å²) in [6.07, 6.45) is 3.62. The number of primary amides is 1. The normalized spacial score (nSPS) is 18.8. The lowest BCUT2D eigenvalue weighted by molar-refractivity contribution is -0.893. The summed E-state index contributed by atoms with van der Waals surface area (Å²) in [6.45, 7) is 7.68. The first kappa shape index (κ1) is 33.2. The van der Waals surface area contributed by atoms with E-state index in [1.54, 1.807) is 0 Å². The van der Waals surface area contributed by atoms with Crippen LogP contribution in [0.4, 0.5) is 8.78 Å². The van der Waals surface area contributed by atoms with Gasteiger partial charge in [0.15, 0.2) is 0 Å². The van der Waals surface area contributed by atoms with E-state index in [0.717, 1.165) is 48.8 Å². The number of carbonyl (C=O) groups is 1. The molecule has 0 bridgehead atoms. The number of carbonyl (C=O) groups excluding carboxylic acids is 1. The molecule has 2 saturated heterocycles. The van der Waals surface area contributed by atoms with Gasteiger partial charge in [-0.3, -0.25) is 14.6 Å². The second-order valence-electron chi connectivity index (χ2n) is 13.2. The molecule has 45 heavy (non-hydrogen) atoms. The molecule has 0 saturated carbocycles. The zero-order valence-electron chi connectivity index (χ0n) is 26.9. The molecule has 1 aromatic heterocycles. The van der Waals surface area contributed by atoms with Gasteiger partial charge >= 0.3 is 0 Å². The average molecular weight is 625 g/mol. The molecule has 244 valence electrons. The van der Waals surface area contributed by atoms with Crippen LogP contribution in [0.1, 0.15) is 49.0 Å². The Balaban J connectivity index is 1.34. The Kier molecular flexibility index (Phi) is 11.0. The maximum Gasteiger partial charge on any atom is 0.221 e. The van der Waals surface area contributed by atoms with Gasteiger partial charge in [-0.05, 0) is 61.0 Å². The van der Waals surface area contributed by atoms with Crippen LogP contribution in [0.15, 0.2) is 42.5 Å². The van der Waals surface area contributed by atoms with Crippen LogP contribution in [0.3, 0.4) is 0 Å². The summed E-state index contributed by atoms with van der Waals surface area (Å²) in [5.74, 6) is -1.20. The van der Waals surface area contributed by atoms with Gasteiger partial charge in [-0.15, -0.1) is 0 Å². The number of hydrogen-bond donors (Lipinski definition) is 1. The molecule has 10 heteroatoms. The molecule has 8 nitrogen and oxygen atoms in total. The summed E-state index contributed by atoms with van der Waals surface area (Å²) in [5, 5.41) is 2.07. The van der Waals surface area contributed by atoms with E-state index in [2.05, 4.69) is 24.0 Å². The molecule has 0 radical (unpaired) electrons. The van der Waals surface area contributed by atoms with Crippen LogP contribution in [0, 0.1) is 17.6 Å². The molecule has 2 N–H and O–H groups in total. The number of amides is 1. The van der Waals surface area contributed by atoms with E-state index in [4.69, 9.17) is 20.2 Å². The minimum atomic E-state index is -0.571. The number of aromatic nitrogens is 1. The van der Waals surface area contributed by atoms with E-state index in [0.29, 0.717) is 74.9 Å². The number of halogens is 2. The number of morpholine rings is 1. The molecule has 0 spiro atoms. The Morgan fingerprint density at radius 1 is 1.13 bits per heavy atom. The number of nitrogens with zero attached hydrogens (tertiary/aromatic N) is 4. The molecule has 2 fully saturated rings. The van der Waals surface area contributed by atoms with Crippen molar-refractivity contribution in [2.75, 3.05) is 73.2 Å². The lowest BCUT2D eigenvalue weighted by atomic mass is 10.00. The van der Waals surface area contributed by atoms with Gasteiger partial charge in [0, 0.05) is 42.8 Å². The van der Waals surface area contributed by atoms with Crippen LogP contribution in [-0.4, -0.2) is 98.4 Å². The van der Waals surface area contributed by atoms with Crippen molar-refractivity contribution in [3.63, 3.8) is 0 Å². The fourth-order valence-corrected chi connectivity index (χ4v) is 6.52. The van der Waals surface area contributed by atoms with E-state index < -0.39 is 17.7 Å².